The molecule has 1 aliphatic rings. The largest absolute Gasteiger partial charge is 0.497 e. The minimum Gasteiger partial charge on any atom is -0.497 e. The van der Waals surface area contributed by atoms with Crippen LogP contribution in [0.15, 0.2) is 24.3 Å². The summed E-state index contributed by atoms with van der Waals surface area (Å²) in [5.41, 5.74) is 0.780. The number of hydrogen-bond acceptors (Lipinski definition) is 4. The molecule has 1 aromatic rings. The quantitative estimate of drug-likeness (QED) is 0.923. The van der Waals surface area contributed by atoms with Gasteiger partial charge < -0.3 is 14.8 Å². The Morgan fingerprint density at radius 3 is 2.38 bits per heavy atom. The van der Waals surface area contributed by atoms with E-state index in [0.29, 0.717) is 0 Å². The van der Waals surface area contributed by atoms with Crippen LogP contribution in [0.2, 0.25) is 0 Å². The molecule has 0 saturated carbocycles. The van der Waals surface area contributed by atoms with Crippen LogP contribution in [0.4, 0.5) is 5.69 Å². The van der Waals surface area contributed by atoms with Crippen molar-refractivity contribution in [1.29, 1.82) is 0 Å². The maximum Gasteiger partial charge on any atom is 0.241 e. The average Bonchev–Trinajstić information content (AvgIpc) is 2.46. The topological polar surface area (TPSA) is 50.8 Å². The lowest BCUT2D eigenvalue weighted by molar-refractivity contribution is -0.126. The molecular weight excluding hydrogens is 268 g/mol. The van der Waals surface area contributed by atoms with E-state index < -0.39 is 0 Å². The summed E-state index contributed by atoms with van der Waals surface area (Å²) >= 11 is 0. The first-order valence-corrected chi connectivity index (χ1v) is 7.34. The molecule has 0 aliphatic carbocycles. The van der Waals surface area contributed by atoms with Gasteiger partial charge >= 0.3 is 0 Å². The van der Waals surface area contributed by atoms with Crippen molar-refractivity contribution in [3.8, 4) is 5.75 Å². The van der Waals surface area contributed by atoms with Crippen LogP contribution >= 0.6 is 0 Å². The van der Waals surface area contributed by atoms with Gasteiger partial charge in [-0.2, -0.15) is 0 Å². The Morgan fingerprint density at radius 1 is 1.29 bits per heavy atom. The molecule has 0 bridgehead atoms. The zero-order chi connectivity index (χ0) is 15.4. The molecule has 21 heavy (non-hydrogen) atoms. The summed E-state index contributed by atoms with van der Waals surface area (Å²) in [5.74, 6) is 0.776. The molecule has 0 unspecified atom stereocenters. The summed E-state index contributed by atoms with van der Waals surface area (Å²) in [7, 11) is 1.62. The Bertz CT molecular complexity index is 465. The van der Waals surface area contributed by atoms with Crippen molar-refractivity contribution in [3.63, 3.8) is 0 Å². The van der Waals surface area contributed by atoms with Gasteiger partial charge in [0.05, 0.1) is 25.4 Å². The first-order valence-electron chi connectivity index (χ1n) is 7.34. The van der Waals surface area contributed by atoms with Crippen molar-refractivity contribution in [1.82, 2.24) is 4.90 Å². The van der Waals surface area contributed by atoms with Gasteiger partial charge in [-0.25, -0.2) is 0 Å². The second-order valence-electron chi connectivity index (χ2n) is 5.60. The van der Waals surface area contributed by atoms with Crippen LogP contribution in [0.1, 0.15) is 20.8 Å². The number of morpholine rings is 1. The maximum atomic E-state index is 12.4. The highest BCUT2D eigenvalue weighted by atomic mass is 16.5. The fourth-order valence-corrected chi connectivity index (χ4v) is 2.62. The van der Waals surface area contributed by atoms with Crippen molar-refractivity contribution in [3.05, 3.63) is 24.3 Å². The number of amides is 1. The zero-order valence-electron chi connectivity index (χ0n) is 13.1. The van der Waals surface area contributed by atoms with Crippen molar-refractivity contribution in [2.45, 2.75) is 39.0 Å². The molecule has 1 fully saturated rings. The fourth-order valence-electron chi connectivity index (χ4n) is 2.62. The molecule has 1 N–H and O–H groups in total. The fraction of sp³-hybridized carbons (Fsp3) is 0.562. The van der Waals surface area contributed by atoms with Gasteiger partial charge in [-0.3, -0.25) is 9.69 Å². The number of methoxy groups -OCH3 is 1. The Labute approximate surface area is 126 Å². The molecule has 0 spiro atoms. The van der Waals surface area contributed by atoms with Crippen molar-refractivity contribution >= 4 is 11.6 Å². The van der Waals surface area contributed by atoms with E-state index in [2.05, 4.69) is 10.2 Å². The third-order valence-electron chi connectivity index (χ3n) is 3.73. The number of nitrogens with zero attached hydrogens (tertiary/aromatic N) is 1. The van der Waals surface area contributed by atoms with Crippen LogP contribution in [0.3, 0.4) is 0 Å². The van der Waals surface area contributed by atoms with E-state index in [0.717, 1.165) is 24.5 Å². The molecule has 5 heteroatoms. The van der Waals surface area contributed by atoms with Crippen molar-refractivity contribution in [2.24, 2.45) is 0 Å². The van der Waals surface area contributed by atoms with Gasteiger partial charge in [0, 0.05) is 18.8 Å². The van der Waals surface area contributed by atoms with Crippen molar-refractivity contribution < 1.29 is 14.3 Å². The number of nitrogens with one attached hydrogen (secondary N) is 1. The van der Waals surface area contributed by atoms with Crippen LogP contribution in [-0.2, 0) is 9.53 Å². The number of benzene rings is 1. The van der Waals surface area contributed by atoms with Crippen LogP contribution in [-0.4, -0.2) is 49.3 Å². The number of anilines is 1. The van der Waals surface area contributed by atoms with Gasteiger partial charge in [-0.05, 0) is 45.0 Å². The Kier molecular flexibility index (Phi) is 5.20. The monoisotopic (exact) mass is 292 g/mol. The van der Waals surface area contributed by atoms with E-state index in [1.54, 1.807) is 7.11 Å². The van der Waals surface area contributed by atoms with Gasteiger partial charge in [0.1, 0.15) is 5.75 Å². The van der Waals surface area contributed by atoms with Crippen LogP contribution in [0.25, 0.3) is 0 Å². The smallest absolute Gasteiger partial charge is 0.241 e. The highest BCUT2D eigenvalue weighted by Gasteiger charge is 2.29. The standard InChI is InChI=1S/C16H24N2O3/c1-11-9-18(10-12(2)21-11)13(3)16(19)17-14-5-7-15(20-4)8-6-14/h5-8,11-13H,9-10H2,1-4H3,(H,17,19)/t11-,12-,13-/m0/s1. The van der Waals surface area contributed by atoms with E-state index in [1.165, 1.54) is 0 Å². The van der Waals surface area contributed by atoms with E-state index in [4.69, 9.17) is 9.47 Å². The summed E-state index contributed by atoms with van der Waals surface area (Å²) in [6, 6.07) is 7.17. The molecule has 1 saturated heterocycles. The minimum absolute atomic E-state index is 0.00136. The Morgan fingerprint density at radius 2 is 1.86 bits per heavy atom. The highest BCUT2D eigenvalue weighted by Crippen LogP contribution is 2.17. The second-order valence-corrected chi connectivity index (χ2v) is 5.60. The second kappa shape index (κ2) is 6.91. The van der Waals surface area contributed by atoms with Gasteiger partial charge in [0.15, 0.2) is 0 Å². The maximum absolute atomic E-state index is 12.4. The molecule has 1 heterocycles. The lowest BCUT2D eigenvalue weighted by Gasteiger charge is -2.38. The first kappa shape index (κ1) is 15.8. The summed E-state index contributed by atoms with van der Waals surface area (Å²) in [4.78, 5) is 14.5. The predicted molar refractivity (Wildman–Crippen MR) is 82.7 cm³/mol. The number of carbonyl (C=O) groups is 1. The molecule has 1 aromatic carbocycles. The number of rotatable bonds is 4. The van der Waals surface area contributed by atoms with Crippen molar-refractivity contribution in [2.75, 3.05) is 25.5 Å². The average molecular weight is 292 g/mol. The molecule has 3 atom stereocenters. The predicted octanol–water partition coefficient (Wildman–Crippen LogP) is 2.13. The van der Waals surface area contributed by atoms with E-state index >= 15 is 0 Å². The third kappa shape index (κ3) is 4.19. The van der Waals surface area contributed by atoms with E-state index in [1.807, 2.05) is 45.0 Å². The van der Waals surface area contributed by atoms with Gasteiger partial charge in [0.2, 0.25) is 5.91 Å². The van der Waals surface area contributed by atoms with Crippen LogP contribution in [0.5, 0.6) is 5.75 Å². The highest BCUT2D eigenvalue weighted by molar-refractivity contribution is 5.94. The lowest BCUT2D eigenvalue weighted by atomic mass is 10.1. The Balaban J connectivity index is 1.95. The van der Waals surface area contributed by atoms with E-state index in [-0.39, 0.29) is 24.2 Å². The molecule has 5 nitrogen and oxygen atoms in total. The molecule has 1 amide bonds. The lowest BCUT2D eigenvalue weighted by Crippen LogP contribution is -2.52. The molecular formula is C16H24N2O3. The summed E-state index contributed by atoms with van der Waals surface area (Å²) in [6.07, 6.45) is 0.315. The minimum atomic E-state index is -0.180. The first-order chi connectivity index (χ1) is 9.99. The summed E-state index contributed by atoms with van der Waals surface area (Å²) in [6.45, 7) is 7.57. The van der Waals surface area contributed by atoms with Gasteiger partial charge in [-0.15, -0.1) is 0 Å². The number of hydrogen-bond donors (Lipinski definition) is 1. The van der Waals surface area contributed by atoms with Crippen LogP contribution in [0, 0.1) is 0 Å². The number of ether oxygens (including phenoxy) is 2. The molecule has 0 radical (unpaired) electrons. The third-order valence-corrected chi connectivity index (χ3v) is 3.73. The molecule has 2 rings (SSSR count). The van der Waals surface area contributed by atoms with Gasteiger partial charge in [0.25, 0.3) is 0 Å². The normalized spacial score (nSPS) is 24.4. The van der Waals surface area contributed by atoms with Gasteiger partial charge in [-0.1, -0.05) is 0 Å². The summed E-state index contributed by atoms with van der Waals surface area (Å²) < 4.78 is 10.8. The molecule has 0 aromatic heterocycles. The number of carbonyl (C=O) groups excluding carboxylic acids is 1. The SMILES string of the molecule is COc1ccc(NC(=O)[C@H](C)N2C[C@H](C)O[C@@H](C)C2)cc1. The summed E-state index contributed by atoms with van der Waals surface area (Å²) in [5, 5.41) is 2.94. The van der Waals surface area contributed by atoms with E-state index in [9.17, 15) is 4.79 Å². The van der Waals surface area contributed by atoms with Crippen LogP contribution < -0.4 is 10.1 Å². The molecule has 116 valence electrons. The Hall–Kier alpha value is -1.59. The molecule has 1 aliphatic heterocycles. The zero-order valence-corrected chi connectivity index (χ0v) is 13.1.